The van der Waals surface area contributed by atoms with Crippen LogP contribution in [-0.2, 0) is 14.8 Å². The zero-order valence-electron chi connectivity index (χ0n) is 18.9. The average molecular weight is 523 g/mol. The zero-order chi connectivity index (χ0) is 24.8. The number of hydrogen-bond donors (Lipinski definition) is 1. The van der Waals surface area contributed by atoms with Gasteiger partial charge in [-0.2, -0.15) is 0 Å². The number of sulfonamides is 1. The highest BCUT2D eigenvalue weighted by atomic mass is 35.5. The van der Waals surface area contributed by atoms with Gasteiger partial charge in [0.2, 0.25) is 5.91 Å². The second kappa shape index (κ2) is 11.0. The summed E-state index contributed by atoms with van der Waals surface area (Å²) in [5.41, 5.74) is 1.84. The number of rotatable bonds is 8. The molecule has 4 aromatic rings. The molecule has 0 saturated heterocycles. The maximum atomic E-state index is 13.6. The molecule has 5 nitrogen and oxygen atoms in total. The van der Waals surface area contributed by atoms with Gasteiger partial charge in [0.1, 0.15) is 6.54 Å². The molecule has 0 aliphatic rings. The Morgan fingerprint density at radius 3 is 2.29 bits per heavy atom. The lowest BCUT2D eigenvalue weighted by Gasteiger charge is -2.24. The van der Waals surface area contributed by atoms with Gasteiger partial charge >= 0.3 is 0 Å². The minimum atomic E-state index is -4.03. The summed E-state index contributed by atoms with van der Waals surface area (Å²) in [6, 6.07) is 30.2. The molecule has 0 saturated carbocycles. The van der Waals surface area contributed by atoms with Gasteiger partial charge in [-0.25, -0.2) is 8.42 Å². The van der Waals surface area contributed by atoms with Gasteiger partial charge in [-0.15, -0.1) is 0 Å². The van der Waals surface area contributed by atoms with Gasteiger partial charge in [0.25, 0.3) is 10.0 Å². The summed E-state index contributed by atoms with van der Waals surface area (Å²) in [5.74, 6) is -0.471. The highest BCUT2D eigenvalue weighted by molar-refractivity contribution is 7.99. The summed E-state index contributed by atoms with van der Waals surface area (Å²) in [4.78, 5) is 15.1. The van der Waals surface area contributed by atoms with Crippen molar-refractivity contribution < 1.29 is 13.2 Å². The number of amides is 1. The van der Waals surface area contributed by atoms with E-state index in [1.54, 1.807) is 36.4 Å². The SMILES string of the molecule is Cc1ccc(S(=O)(=O)N(CC(=O)Nc2ccccc2Sc2ccccc2)c2cccc(Cl)c2)cc1. The molecular weight excluding hydrogens is 500 g/mol. The number of carbonyl (C=O) groups is 1. The van der Waals surface area contributed by atoms with Crippen LogP contribution in [0.3, 0.4) is 0 Å². The van der Waals surface area contributed by atoms with Crippen LogP contribution in [0.4, 0.5) is 11.4 Å². The molecule has 0 aliphatic heterocycles. The Labute approximate surface area is 214 Å². The molecule has 0 aliphatic carbocycles. The van der Waals surface area contributed by atoms with E-state index >= 15 is 0 Å². The van der Waals surface area contributed by atoms with E-state index in [2.05, 4.69) is 5.32 Å². The number of aryl methyl sites for hydroxylation is 1. The van der Waals surface area contributed by atoms with E-state index in [1.165, 1.54) is 30.0 Å². The standard InChI is InChI=1S/C27H23ClN2O3S2/c1-20-14-16-24(17-15-20)35(32,33)30(22-9-7-8-21(28)18-22)19-27(31)29-25-12-5-6-13-26(25)34-23-10-3-2-4-11-23/h2-18H,19H2,1H3,(H,29,31). The highest BCUT2D eigenvalue weighted by Gasteiger charge is 2.27. The van der Waals surface area contributed by atoms with Crippen molar-refractivity contribution in [2.45, 2.75) is 21.6 Å². The van der Waals surface area contributed by atoms with Crippen LogP contribution in [0.2, 0.25) is 5.02 Å². The zero-order valence-corrected chi connectivity index (χ0v) is 21.3. The molecule has 0 fully saturated rings. The van der Waals surface area contributed by atoms with Crippen molar-refractivity contribution in [1.82, 2.24) is 0 Å². The Kier molecular flexibility index (Phi) is 7.80. The first-order chi connectivity index (χ1) is 16.8. The van der Waals surface area contributed by atoms with Crippen LogP contribution in [0.15, 0.2) is 118 Å². The van der Waals surface area contributed by atoms with E-state index in [1.807, 2.05) is 55.5 Å². The molecule has 0 spiro atoms. The fourth-order valence-electron chi connectivity index (χ4n) is 3.38. The minimum absolute atomic E-state index is 0.0934. The van der Waals surface area contributed by atoms with Crippen LogP contribution in [0, 0.1) is 6.92 Å². The van der Waals surface area contributed by atoms with Crippen LogP contribution in [0.5, 0.6) is 0 Å². The molecule has 0 atom stereocenters. The average Bonchev–Trinajstić information content (AvgIpc) is 2.84. The Bertz CT molecular complexity index is 1430. The maximum Gasteiger partial charge on any atom is 0.264 e. The van der Waals surface area contributed by atoms with Gasteiger partial charge < -0.3 is 5.32 Å². The third-order valence-corrected chi connectivity index (χ3v) is 8.23. The van der Waals surface area contributed by atoms with E-state index in [0.717, 1.165) is 19.7 Å². The molecular formula is C27H23ClN2O3S2. The quantitative estimate of drug-likeness (QED) is 0.282. The van der Waals surface area contributed by atoms with Crippen molar-refractivity contribution in [3.8, 4) is 0 Å². The van der Waals surface area contributed by atoms with Gasteiger partial charge in [-0.05, 0) is 61.5 Å². The molecule has 1 N–H and O–H groups in total. The lowest BCUT2D eigenvalue weighted by atomic mass is 10.2. The van der Waals surface area contributed by atoms with E-state index in [-0.39, 0.29) is 4.90 Å². The molecule has 1 amide bonds. The van der Waals surface area contributed by atoms with Crippen molar-refractivity contribution in [3.05, 3.63) is 114 Å². The fraction of sp³-hybridized carbons (Fsp3) is 0.0741. The van der Waals surface area contributed by atoms with Gasteiger partial charge in [-0.3, -0.25) is 9.10 Å². The van der Waals surface area contributed by atoms with Crippen LogP contribution in [0.25, 0.3) is 0 Å². The third-order valence-electron chi connectivity index (χ3n) is 5.12. The summed E-state index contributed by atoms with van der Waals surface area (Å²) < 4.78 is 28.2. The van der Waals surface area contributed by atoms with E-state index in [0.29, 0.717) is 16.4 Å². The number of nitrogens with zero attached hydrogens (tertiary/aromatic N) is 1. The summed E-state index contributed by atoms with van der Waals surface area (Å²) in [7, 11) is -4.03. The van der Waals surface area contributed by atoms with Crippen LogP contribution in [0.1, 0.15) is 5.56 Å². The van der Waals surface area contributed by atoms with Crippen molar-refractivity contribution in [2.75, 3.05) is 16.2 Å². The number of para-hydroxylation sites is 1. The Morgan fingerprint density at radius 1 is 0.886 bits per heavy atom. The van der Waals surface area contributed by atoms with Gasteiger partial charge in [0, 0.05) is 14.8 Å². The first-order valence-electron chi connectivity index (χ1n) is 10.8. The molecule has 0 unspecified atom stereocenters. The molecule has 4 aromatic carbocycles. The lowest BCUT2D eigenvalue weighted by Crippen LogP contribution is -2.38. The maximum absolute atomic E-state index is 13.6. The molecule has 8 heteroatoms. The van der Waals surface area contributed by atoms with Crippen molar-refractivity contribution in [2.24, 2.45) is 0 Å². The lowest BCUT2D eigenvalue weighted by molar-refractivity contribution is -0.114. The summed E-state index contributed by atoms with van der Waals surface area (Å²) in [6.07, 6.45) is 0. The monoisotopic (exact) mass is 522 g/mol. The van der Waals surface area contributed by atoms with E-state index in [9.17, 15) is 13.2 Å². The Balaban J connectivity index is 1.62. The number of halogens is 1. The predicted molar refractivity (Wildman–Crippen MR) is 143 cm³/mol. The van der Waals surface area contributed by atoms with Crippen molar-refractivity contribution >= 4 is 50.7 Å². The second-order valence-corrected chi connectivity index (χ2v) is 11.2. The molecule has 0 heterocycles. The van der Waals surface area contributed by atoms with Crippen LogP contribution < -0.4 is 9.62 Å². The first-order valence-corrected chi connectivity index (χ1v) is 13.4. The molecule has 0 bridgehead atoms. The second-order valence-electron chi connectivity index (χ2n) is 7.76. The van der Waals surface area contributed by atoms with Crippen LogP contribution in [-0.4, -0.2) is 20.9 Å². The van der Waals surface area contributed by atoms with Gasteiger partial charge in [0.15, 0.2) is 0 Å². The Morgan fingerprint density at radius 2 is 1.57 bits per heavy atom. The van der Waals surface area contributed by atoms with Crippen molar-refractivity contribution in [1.29, 1.82) is 0 Å². The largest absolute Gasteiger partial charge is 0.323 e. The smallest absolute Gasteiger partial charge is 0.264 e. The molecule has 178 valence electrons. The molecule has 0 radical (unpaired) electrons. The third kappa shape index (κ3) is 6.25. The fourth-order valence-corrected chi connectivity index (χ4v) is 5.90. The Hall–Kier alpha value is -3.26. The molecule has 35 heavy (non-hydrogen) atoms. The topological polar surface area (TPSA) is 66.5 Å². The van der Waals surface area contributed by atoms with E-state index in [4.69, 9.17) is 11.6 Å². The van der Waals surface area contributed by atoms with E-state index < -0.39 is 22.5 Å². The summed E-state index contributed by atoms with van der Waals surface area (Å²) >= 11 is 7.66. The van der Waals surface area contributed by atoms with Crippen LogP contribution >= 0.6 is 23.4 Å². The van der Waals surface area contributed by atoms with Gasteiger partial charge in [0.05, 0.1) is 16.3 Å². The number of nitrogens with one attached hydrogen (secondary N) is 1. The normalized spacial score (nSPS) is 11.1. The first kappa shape index (κ1) is 24.9. The number of carbonyl (C=O) groups excluding carboxylic acids is 1. The number of benzene rings is 4. The summed E-state index contributed by atoms with van der Waals surface area (Å²) in [5, 5.41) is 3.25. The molecule has 0 aromatic heterocycles. The van der Waals surface area contributed by atoms with Crippen molar-refractivity contribution in [3.63, 3.8) is 0 Å². The predicted octanol–water partition coefficient (Wildman–Crippen LogP) is 6.63. The summed E-state index contributed by atoms with van der Waals surface area (Å²) in [6.45, 7) is 1.46. The minimum Gasteiger partial charge on any atom is -0.323 e. The number of hydrogen-bond acceptors (Lipinski definition) is 4. The highest BCUT2D eigenvalue weighted by Crippen LogP contribution is 2.33. The number of anilines is 2. The van der Waals surface area contributed by atoms with Gasteiger partial charge in [-0.1, -0.05) is 77.5 Å². The molecule has 4 rings (SSSR count).